The van der Waals surface area contributed by atoms with Gasteiger partial charge in [-0.05, 0) is 42.3 Å². The van der Waals surface area contributed by atoms with Crippen molar-refractivity contribution >= 4 is 40.1 Å². The molecular formula is C21H17N3O5. The van der Waals surface area contributed by atoms with Gasteiger partial charge in [-0.25, -0.2) is 9.78 Å². The van der Waals surface area contributed by atoms with E-state index in [1.165, 1.54) is 18.2 Å². The van der Waals surface area contributed by atoms with Crippen LogP contribution in [-0.2, 0) is 16.1 Å². The third-order valence-electron chi connectivity index (χ3n) is 4.77. The van der Waals surface area contributed by atoms with Crippen molar-refractivity contribution in [1.29, 1.82) is 0 Å². The summed E-state index contributed by atoms with van der Waals surface area (Å²) < 4.78 is 7.01. The van der Waals surface area contributed by atoms with Gasteiger partial charge in [-0.3, -0.25) is 14.2 Å². The molecule has 2 N–H and O–H groups in total. The van der Waals surface area contributed by atoms with Gasteiger partial charge in [0, 0.05) is 17.8 Å². The van der Waals surface area contributed by atoms with Crippen LogP contribution in [0.2, 0.25) is 0 Å². The molecule has 0 bridgehead atoms. The highest BCUT2D eigenvalue weighted by molar-refractivity contribution is 6.36. The molecule has 8 heteroatoms. The molecular weight excluding hydrogens is 374 g/mol. The molecule has 4 rings (SSSR count). The third-order valence-corrected chi connectivity index (χ3v) is 4.77. The maximum atomic E-state index is 12.9. The van der Waals surface area contributed by atoms with Crippen LogP contribution in [0, 0.1) is 0 Å². The lowest BCUT2D eigenvalue weighted by Crippen LogP contribution is -2.23. The van der Waals surface area contributed by atoms with E-state index in [0.717, 1.165) is 16.9 Å². The first-order valence-corrected chi connectivity index (χ1v) is 8.91. The molecule has 0 fully saturated rings. The highest BCUT2D eigenvalue weighted by Crippen LogP contribution is 2.30. The number of rotatable bonds is 3. The summed E-state index contributed by atoms with van der Waals surface area (Å²) in [5.41, 5.74) is 2.25. The zero-order chi connectivity index (χ0) is 20.5. The average Bonchev–Trinajstić information content (AvgIpc) is 3.11. The lowest BCUT2D eigenvalue weighted by atomic mass is 10.1. The molecule has 0 saturated carbocycles. The van der Waals surface area contributed by atoms with E-state index in [1.54, 1.807) is 11.7 Å². The van der Waals surface area contributed by atoms with Gasteiger partial charge in [0.05, 0.1) is 18.0 Å². The highest BCUT2D eigenvalue weighted by atomic mass is 16.5. The first-order chi connectivity index (χ1) is 14.0. The van der Waals surface area contributed by atoms with Gasteiger partial charge >= 0.3 is 11.9 Å². The summed E-state index contributed by atoms with van der Waals surface area (Å²) >= 11 is 0. The van der Waals surface area contributed by atoms with Crippen LogP contribution in [0.3, 0.4) is 0 Å². The summed E-state index contributed by atoms with van der Waals surface area (Å²) in [6, 6.07) is 12.1. The summed E-state index contributed by atoms with van der Waals surface area (Å²) in [5.74, 6) is -1.47. The van der Waals surface area contributed by atoms with Crippen LogP contribution in [-0.4, -0.2) is 33.6 Å². The van der Waals surface area contributed by atoms with Crippen molar-refractivity contribution in [3.05, 3.63) is 64.2 Å². The van der Waals surface area contributed by atoms with E-state index in [2.05, 4.69) is 10.3 Å². The number of anilines is 1. The number of benzene rings is 2. The molecule has 0 saturated heterocycles. The number of methoxy groups -OCH3 is 1. The SMILES string of the molecule is COc1ccccc1C=C1CCn2c1nc1cc(NC(=O)C(=O)O)ccc1c2=O. The van der Waals surface area contributed by atoms with Crippen molar-refractivity contribution in [2.75, 3.05) is 12.4 Å². The topological polar surface area (TPSA) is 111 Å². The normalized spacial score (nSPS) is 14.0. The number of carboxylic acids is 1. The quantitative estimate of drug-likeness (QED) is 0.663. The van der Waals surface area contributed by atoms with Crippen molar-refractivity contribution in [3.63, 3.8) is 0 Å². The molecule has 146 valence electrons. The number of para-hydroxylation sites is 1. The van der Waals surface area contributed by atoms with Gasteiger partial charge in [0.15, 0.2) is 0 Å². The summed E-state index contributed by atoms with van der Waals surface area (Å²) in [6.07, 6.45) is 2.60. The first-order valence-electron chi connectivity index (χ1n) is 8.91. The molecule has 8 nitrogen and oxygen atoms in total. The number of amides is 1. The standard InChI is InChI=1S/C21H17N3O5/c1-29-17-5-3-2-4-12(17)10-13-8-9-24-18(13)23-16-11-14(22-19(25)21(27)28)6-7-15(16)20(24)26/h2-7,10-11H,8-9H2,1H3,(H,22,25)(H,27,28). The molecule has 2 heterocycles. The molecule has 1 aliphatic rings. The largest absolute Gasteiger partial charge is 0.496 e. The minimum atomic E-state index is -1.59. The number of nitrogens with one attached hydrogen (secondary N) is 1. The second-order valence-corrected chi connectivity index (χ2v) is 6.54. The van der Waals surface area contributed by atoms with E-state index >= 15 is 0 Å². The summed E-state index contributed by atoms with van der Waals surface area (Å²) in [5, 5.41) is 11.4. The molecule has 0 radical (unpaired) electrons. The molecule has 0 aliphatic carbocycles. The molecule has 2 aromatic carbocycles. The number of aromatic nitrogens is 2. The molecule has 3 aromatic rings. The number of carboxylic acid groups (broad SMARTS) is 1. The Bertz CT molecular complexity index is 1240. The number of ether oxygens (including phenoxy) is 1. The van der Waals surface area contributed by atoms with Gasteiger partial charge < -0.3 is 15.2 Å². The van der Waals surface area contributed by atoms with Gasteiger partial charge in [-0.15, -0.1) is 0 Å². The van der Waals surface area contributed by atoms with Crippen molar-refractivity contribution in [3.8, 4) is 5.75 Å². The van der Waals surface area contributed by atoms with E-state index in [4.69, 9.17) is 9.84 Å². The minimum Gasteiger partial charge on any atom is -0.496 e. The Morgan fingerprint density at radius 3 is 2.79 bits per heavy atom. The fourth-order valence-electron chi connectivity index (χ4n) is 3.39. The minimum absolute atomic E-state index is 0.176. The lowest BCUT2D eigenvalue weighted by molar-refractivity contribution is -0.147. The van der Waals surface area contributed by atoms with E-state index in [0.29, 0.717) is 29.7 Å². The fourth-order valence-corrected chi connectivity index (χ4v) is 3.39. The van der Waals surface area contributed by atoms with Gasteiger partial charge in [0.1, 0.15) is 11.6 Å². The molecule has 1 amide bonds. The van der Waals surface area contributed by atoms with Crippen molar-refractivity contribution in [1.82, 2.24) is 9.55 Å². The number of nitrogens with zero attached hydrogens (tertiary/aromatic N) is 2. The van der Waals surface area contributed by atoms with E-state index in [9.17, 15) is 14.4 Å². The first kappa shape index (κ1) is 18.4. The summed E-state index contributed by atoms with van der Waals surface area (Å²) in [6.45, 7) is 0.523. The molecule has 0 spiro atoms. The monoisotopic (exact) mass is 391 g/mol. The van der Waals surface area contributed by atoms with Crippen LogP contribution in [0.5, 0.6) is 5.75 Å². The Kier molecular flexibility index (Phi) is 4.59. The summed E-state index contributed by atoms with van der Waals surface area (Å²) in [4.78, 5) is 39.6. The van der Waals surface area contributed by atoms with Crippen molar-refractivity contribution in [2.24, 2.45) is 0 Å². The molecule has 0 atom stereocenters. The van der Waals surface area contributed by atoms with Crippen LogP contribution in [0.15, 0.2) is 47.3 Å². The Labute approximate surface area is 165 Å². The molecule has 0 unspecified atom stereocenters. The zero-order valence-corrected chi connectivity index (χ0v) is 15.5. The smallest absolute Gasteiger partial charge is 0.394 e. The van der Waals surface area contributed by atoms with E-state index in [1.807, 2.05) is 30.3 Å². The van der Waals surface area contributed by atoms with Crippen LogP contribution in [0.4, 0.5) is 5.69 Å². The number of hydrogen-bond acceptors (Lipinski definition) is 5. The second-order valence-electron chi connectivity index (χ2n) is 6.54. The van der Waals surface area contributed by atoms with Crippen LogP contribution >= 0.6 is 0 Å². The summed E-state index contributed by atoms with van der Waals surface area (Å²) in [7, 11) is 1.60. The van der Waals surface area contributed by atoms with Crippen LogP contribution < -0.4 is 15.6 Å². The highest BCUT2D eigenvalue weighted by Gasteiger charge is 2.22. The molecule has 1 aromatic heterocycles. The predicted octanol–water partition coefficient (Wildman–Crippen LogP) is 2.37. The Morgan fingerprint density at radius 1 is 1.24 bits per heavy atom. The fraction of sp³-hybridized carbons (Fsp3) is 0.143. The number of carbonyl (C=O) groups is 2. The maximum absolute atomic E-state index is 12.9. The number of hydrogen-bond donors (Lipinski definition) is 2. The van der Waals surface area contributed by atoms with Gasteiger partial charge in [-0.2, -0.15) is 0 Å². The lowest BCUT2D eigenvalue weighted by Gasteiger charge is -2.08. The maximum Gasteiger partial charge on any atom is 0.394 e. The second kappa shape index (κ2) is 7.23. The van der Waals surface area contributed by atoms with Crippen LogP contribution in [0.25, 0.3) is 22.6 Å². The van der Waals surface area contributed by atoms with Gasteiger partial charge in [0.2, 0.25) is 0 Å². The number of carbonyl (C=O) groups excluding carboxylic acids is 1. The Morgan fingerprint density at radius 2 is 2.03 bits per heavy atom. The van der Waals surface area contributed by atoms with E-state index < -0.39 is 11.9 Å². The average molecular weight is 391 g/mol. The van der Waals surface area contributed by atoms with Gasteiger partial charge in [0.25, 0.3) is 5.56 Å². The van der Waals surface area contributed by atoms with Crippen molar-refractivity contribution in [2.45, 2.75) is 13.0 Å². The van der Waals surface area contributed by atoms with Crippen molar-refractivity contribution < 1.29 is 19.4 Å². The molecule has 29 heavy (non-hydrogen) atoms. The third kappa shape index (κ3) is 3.36. The van der Waals surface area contributed by atoms with Gasteiger partial charge in [-0.1, -0.05) is 18.2 Å². The van der Waals surface area contributed by atoms with Crippen LogP contribution in [0.1, 0.15) is 17.8 Å². The number of fused-ring (bicyclic) bond motifs is 2. The Hall–Kier alpha value is -3.94. The number of allylic oxidation sites excluding steroid dienone is 1. The Balaban J connectivity index is 1.81. The predicted molar refractivity (Wildman–Crippen MR) is 108 cm³/mol. The molecule has 1 aliphatic heterocycles. The zero-order valence-electron chi connectivity index (χ0n) is 15.5. The number of aliphatic carboxylic acids is 1. The van der Waals surface area contributed by atoms with E-state index in [-0.39, 0.29) is 11.2 Å².